The molecule has 104 valence electrons. The Morgan fingerprint density at radius 3 is 2.74 bits per heavy atom. The second-order valence-corrected chi connectivity index (χ2v) is 5.01. The molecule has 0 saturated carbocycles. The Hall–Kier alpha value is -1.46. The van der Waals surface area contributed by atoms with Crippen molar-refractivity contribution in [2.75, 3.05) is 26.7 Å². The van der Waals surface area contributed by atoms with E-state index in [9.17, 15) is 9.18 Å². The highest BCUT2D eigenvalue weighted by Gasteiger charge is 2.27. The number of piperidine rings is 1. The molecule has 2 atom stereocenters. The quantitative estimate of drug-likeness (QED) is 0.833. The van der Waals surface area contributed by atoms with Crippen molar-refractivity contribution in [3.8, 4) is 0 Å². The Morgan fingerprint density at radius 1 is 1.42 bits per heavy atom. The Labute approximate surface area is 112 Å². The van der Waals surface area contributed by atoms with Crippen LogP contribution < -0.4 is 5.73 Å². The fourth-order valence-electron chi connectivity index (χ4n) is 2.59. The SMILES string of the molecule is COC(=O)CN1CC(N)CC(c2ccc(F)cc2)C1. The van der Waals surface area contributed by atoms with Crippen LogP contribution in [0.15, 0.2) is 24.3 Å². The average molecular weight is 266 g/mol. The number of likely N-dealkylation sites (tertiary alicyclic amines) is 1. The number of carbonyl (C=O) groups excluding carboxylic acids is 1. The summed E-state index contributed by atoms with van der Waals surface area (Å²) in [4.78, 5) is 13.3. The number of halogens is 1. The van der Waals surface area contributed by atoms with Crippen LogP contribution in [0.5, 0.6) is 0 Å². The van der Waals surface area contributed by atoms with Gasteiger partial charge in [-0.05, 0) is 30.0 Å². The molecule has 0 aromatic heterocycles. The molecule has 0 aliphatic carbocycles. The molecule has 1 heterocycles. The van der Waals surface area contributed by atoms with Crippen LogP contribution in [-0.4, -0.2) is 43.7 Å². The lowest BCUT2D eigenvalue weighted by Crippen LogP contribution is -2.48. The number of nitrogens with two attached hydrogens (primary N) is 1. The van der Waals surface area contributed by atoms with Crippen LogP contribution in [-0.2, 0) is 9.53 Å². The molecule has 1 fully saturated rings. The molecule has 1 aliphatic rings. The summed E-state index contributed by atoms with van der Waals surface area (Å²) < 4.78 is 17.6. The Morgan fingerprint density at radius 2 is 2.11 bits per heavy atom. The molecule has 0 amide bonds. The van der Waals surface area contributed by atoms with Gasteiger partial charge in [0.2, 0.25) is 0 Å². The van der Waals surface area contributed by atoms with Gasteiger partial charge in [0.25, 0.3) is 0 Å². The summed E-state index contributed by atoms with van der Waals surface area (Å²) in [5.41, 5.74) is 7.09. The van der Waals surface area contributed by atoms with Gasteiger partial charge < -0.3 is 10.5 Å². The summed E-state index contributed by atoms with van der Waals surface area (Å²) in [5.74, 6) is -0.267. The van der Waals surface area contributed by atoms with E-state index >= 15 is 0 Å². The first kappa shape index (κ1) is 14.0. The molecule has 19 heavy (non-hydrogen) atoms. The van der Waals surface area contributed by atoms with Crippen molar-refractivity contribution in [3.05, 3.63) is 35.6 Å². The minimum Gasteiger partial charge on any atom is -0.468 e. The first-order chi connectivity index (χ1) is 9.08. The Balaban J connectivity index is 2.05. The number of ether oxygens (including phenoxy) is 1. The zero-order valence-corrected chi connectivity index (χ0v) is 11.0. The minimum absolute atomic E-state index is 0.0217. The number of hydrogen-bond acceptors (Lipinski definition) is 4. The Bertz CT molecular complexity index is 436. The van der Waals surface area contributed by atoms with Gasteiger partial charge in [0.15, 0.2) is 0 Å². The van der Waals surface area contributed by atoms with Crippen LogP contribution in [0.3, 0.4) is 0 Å². The molecule has 0 spiro atoms. The fourth-order valence-corrected chi connectivity index (χ4v) is 2.59. The van der Waals surface area contributed by atoms with E-state index in [1.807, 2.05) is 4.90 Å². The van der Waals surface area contributed by atoms with Gasteiger partial charge in [-0.2, -0.15) is 0 Å². The molecule has 2 rings (SSSR count). The minimum atomic E-state index is -0.257. The van der Waals surface area contributed by atoms with E-state index in [2.05, 4.69) is 4.74 Å². The number of esters is 1. The molecular weight excluding hydrogens is 247 g/mol. The van der Waals surface area contributed by atoms with E-state index in [4.69, 9.17) is 5.73 Å². The smallest absolute Gasteiger partial charge is 0.319 e. The van der Waals surface area contributed by atoms with Gasteiger partial charge in [0.1, 0.15) is 5.82 Å². The van der Waals surface area contributed by atoms with Gasteiger partial charge in [-0.1, -0.05) is 12.1 Å². The van der Waals surface area contributed by atoms with Crippen molar-refractivity contribution in [1.82, 2.24) is 4.90 Å². The lowest BCUT2D eigenvalue weighted by atomic mass is 9.88. The van der Waals surface area contributed by atoms with Crippen LogP contribution in [0.2, 0.25) is 0 Å². The lowest BCUT2D eigenvalue weighted by Gasteiger charge is -2.35. The highest BCUT2D eigenvalue weighted by molar-refractivity contribution is 5.71. The number of nitrogens with zero attached hydrogens (tertiary/aromatic N) is 1. The maximum atomic E-state index is 12.9. The molecule has 0 bridgehead atoms. The molecule has 4 nitrogen and oxygen atoms in total. The van der Waals surface area contributed by atoms with Gasteiger partial charge in [-0.3, -0.25) is 9.69 Å². The lowest BCUT2D eigenvalue weighted by molar-refractivity contribution is -0.142. The third-order valence-electron chi connectivity index (χ3n) is 3.48. The number of hydrogen-bond donors (Lipinski definition) is 1. The standard InChI is InChI=1S/C14H19FN2O2/c1-19-14(18)9-17-7-11(6-13(16)8-17)10-2-4-12(15)5-3-10/h2-5,11,13H,6-9,16H2,1H3. The van der Waals surface area contributed by atoms with Crippen LogP contribution in [0.1, 0.15) is 17.9 Å². The summed E-state index contributed by atoms with van der Waals surface area (Å²) in [5, 5.41) is 0. The van der Waals surface area contributed by atoms with Crippen molar-refractivity contribution >= 4 is 5.97 Å². The predicted molar refractivity (Wildman–Crippen MR) is 70.2 cm³/mol. The van der Waals surface area contributed by atoms with Crippen LogP contribution in [0.25, 0.3) is 0 Å². The van der Waals surface area contributed by atoms with Crippen LogP contribution >= 0.6 is 0 Å². The monoisotopic (exact) mass is 266 g/mol. The maximum Gasteiger partial charge on any atom is 0.319 e. The number of rotatable bonds is 3. The molecule has 5 heteroatoms. The van der Waals surface area contributed by atoms with Crippen LogP contribution in [0, 0.1) is 5.82 Å². The highest BCUT2D eigenvalue weighted by Crippen LogP contribution is 2.26. The molecule has 2 N–H and O–H groups in total. The fraction of sp³-hybridized carbons (Fsp3) is 0.500. The zero-order chi connectivity index (χ0) is 13.8. The van der Waals surface area contributed by atoms with Crippen molar-refractivity contribution in [3.63, 3.8) is 0 Å². The predicted octanol–water partition coefficient (Wildman–Crippen LogP) is 1.12. The van der Waals surface area contributed by atoms with Gasteiger partial charge in [0.05, 0.1) is 13.7 Å². The van der Waals surface area contributed by atoms with Gasteiger partial charge in [-0.25, -0.2) is 4.39 Å². The topological polar surface area (TPSA) is 55.6 Å². The summed E-state index contributed by atoms with van der Waals surface area (Å²) in [6.07, 6.45) is 0.851. The number of methoxy groups -OCH3 is 1. The summed E-state index contributed by atoms with van der Waals surface area (Å²) in [6.45, 7) is 1.68. The van der Waals surface area contributed by atoms with E-state index in [0.717, 1.165) is 18.5 Å². The van der Waals surface area contributed by atoms with E-state index in [1.54, 1.807) is 12.1 Å². The van der Waals surface area contributed by atoms with Gasteiger partial charge >= 0.3 is 5.97 Å². The van der Waals surface area contributed by atoms with Gasteiger partial charge in [0, 0.05) is 19.1 Å². The Kier molecular flexibility index (Phi) is 4.50. The second kappa shape index (κ2) is 6.12. The average Bonchev–Trinajstić information content (AvgIpc) is 2.38. The summed E-state index contributed by atoms with van der Waals surface area (Å²) in [7, 11) is 1.38. The largest absolute Gasteiger partial charge is 0.468 e. The van der Waals surface area contributed by atoms with E-state index in [1.165, 1.54) is 19.2 Å². The highest BCUT2D eigenvalue weighted by atomic mass is 19.1. The van der Waals surface area contributed by atoms with E-state index < -0.39 is 0 Å². The summed E-state index contributed by atoms with van der Waals surface area (Å²) in [6, 6.07) is 6.51. The van der Waals surface area contributed by atoms with Crippen molar-refractivity contribution in [1.29, 1.82) is 0 Å². The number of carbonyl (C=O) groups is 1. The maximum absolute atomic E-state index is 12.9. The summed E-state index contributed by atoms with van der Waals surface area (Å²) >= 11 is 0. The van der Waals surface area contributed by atoms with Crippen molar-refractivity contribution in [2.24, 2.45) is 5.73 Å². The van der Waals surface area contributed by atoms with Crippen molar-refractivity contribution in [2.45, 2.75) is 18.4 Å². The molecule has 1 aromatic rings. The molecule has 2 unspecified atom stereocenters. The zero-order valence-electron chi connectivity index (χ0n) is 11.0. The van der Waals surface area contributed by atoms with E-state index in [-0.39, 0.29) is 30.3 Å². The first-order valence-corrected chi connectivity index (χ1v) is 6.38. The number of benzene rings is 1. The third-order valence-corrected chi connectivity index (χ3v) is 3.48. The van der Waals surface area contributed by atoms with Crippen LogP contribution in [0.4, 0.5) is 4.39 Å². The molecule has 1 aliphatic heterocycles. The molecule has 1 aromatic carbocycles. The second-order valence-electron chi connectivity index (χ2n) is 5.01. The normalized spacial score (nSPS) is 24.2. The molecule has 1 saturated heterocycles. The third kappa shape index (κ3) is 3.75. The first-order valence-electron chi connectivity index (χ1n) is 6.38. The van der Waals surface area contributed by atoms with E-state index in [0.29, 0.717) is 6.54 Å². The molecule has 0 radical (unpaired) electrons. The molecular formula is C14H19FN2O2. The van der Waals surface area contributed by atoms with Crippen molar-refractivity contribution < 1.29 is 13.9 Å². The van der Waals surface area contributed by atoms with Gasteiger partial charge in [-0.15, -0.1) is 0 Å².